The summed E-state index contributed by atoms with van der Waals surface area (Å²) in [6, 6.07) is 15.0. The average Bonchev–Trinajstić information content (AvgIpc) is 3.59. The number of piperidine rings is 1. The number of Topliss-reactive ketones (excluding diaryl/α,β-unsaturated/α-hetero) is 1. The van der Waals surface area contributed by atoms with E-state index in [0.717, 1.165) is 33.6 Å². The van der Waals surface area contributed by atoms with Crippen LogP contribution >= 0.6 is 0 Å². The van der Waals surface area contributed by atoms with Crippen molar-refractivity contribution in [2.45, 2.75) is 127 Å². The first-order valence-corrected chi connectivity index (χ1v) is 21.8. The maximum atomic E-state index is 14.0. The minimum atomic E-state index is -2.45. The third kappa shape index (κ3) is 10.9. The number of likely N-dealkylation sites (tertiary alicyclic amines) is 1. The number of aldehydes is 1. The molecule has 2 aromatic carbocycles. The molecule has 0 bridgehead atoms. The van der Waals surface area contributed by atoms with E-state index in [1.165, 1.54) is 0 Å². The number of rotatable bonds is 17. The van der Waals surface area contributed by atoms with Crippen molar-refractivity contribution in [3.63, 3.8) is 0 Å². The quantitative estimate of drug-likeness (QED) is 0.0766. The summed E-state index contributed by atoms with van der Waals surface area (Å²) in [6.07, 6.45) is 1.78. The molecule has 4 aliphatic rings. The van der Waals surface area contributed by atoms with Gasteiger partial charge in [-0.25, -0.2) is 9.59 Å². The van der Waals surface area contributed by atoms with Gasteiger partial charge in [0.1, 0.15) is 25.0 Å². The number of amides is 3. The predicted octanol–water partition coefficient (Wildman–Crippen LogP) is 4.19. The van der Waals surface area contributed by atoms with Gasteiger partial charge >= 0.3 is 12.1 Å². The van der Waals surface area contributed by atoms with Gasteiger partial charge < -0.3 is 49.5 Å². The Morgan fingerprint density at radius 3 is 2.33 bits per heavy atom. The second-order valence-corrected chi connectivity index (χ2v) is 17.2. The number of carbonyl (C=O) groups is 6. The Kier molecular flexibility index (Phi) is 15.7. The molecule has 61 heavy (non-hydrogen) atoms. The fourth-order valence-corrected chi connectivity index (χ4v) is 9.51. The third-order valence-corrected chi connectivity index (χ3v) is 13.1. The molecule has 332 valence electrons. The minimum Gasteiger partial charge on any atom is -0.460 e. The molecule has 2 aromatic rings. The Morgan fingerprint density at radius 1 is 0.951 bits per heavy atom. The van der Waals surface area contributed by atoms with E-state index in [-0.39, 0.29) is 69.4 Å². The summed E-state index contributed by atoms with van der Waals surface area (Å²) in [6.45, 7) is 3.88. The number of methoxy groups -OCH3 is 1. The standard InChI is InChI=1S/C46H61N3O12/c1-28(24-30-16-18-38(51)40(25-30)58-3)39(60-44(55)37-14-8-9-22-49(37)43(54)42(53)46(57)29(2)15-17-31(61-46)19-23-50)26-41(52)47-20-21-48-45(56)59-27-36-34-12-6-4-10-32(34)33-11-5-7-13-35(33)36/h4-7,10-13,23,28-31,36-40,51,57H,8-9,14-22,24-27H2,1-3H3,(H,47,52)(H,48,56)/t28-,29-,30+,31+,37+,38-,39+,40-,46-/m1/s1. The Hall–Kier alpha value is -4.70. The SMILES string of the molecule is CO[C@@H]1C[C@H](C[C@@H](C)[C@H](CC(=O)NCCNC(=O)OCC2c3ccccc3-c3ccccc32)OC(=O)[C@@H]2CCCCN2C(=O)C(=O)[C@]2(O)O[C@H](CC=O)CC[C@H]2C)CC[C@H]1O. The van der Waals surface area contributed by atoms with Gasteiger partial charge in [0.2, 0.25) is 11.7 Å². The molecule has 1 saturated carbocycles. The zero-order chi connectivity index (χ0) is 43.7. The number of ketones is 1. The average molecular weight is 848 g/mol. The highest BCUT2D eigenvalue weighted by atomic mass is 16.6. The highest BCUT2D eigenvalue weighted by Gasteiger charge is 2.52. The van der Waals surface area contributed by atoms with Gasteiger partial charge in [0, 0.05) is 45.0 Å². The van der Waals surface area contributed by atoms with Gasteiger partial charge in [-0.3, -0.25) is 14.4 Å². The van der Waals surface area contributed by atoms with Crippen LogP contribution in [0, 0.1) is 17.8 Å². The van der Waals surface area contributed by atoms with Crippen molar-refractivity contribution in [1.29, 1.82) is 0 Å². The molecule has 2 aliphatic heterocycles. The highest BCUT2D eigenvalue weighted by Crippen LogP contribution is 2.44. The topological polar surface area (TPSA) is 207 Å². The fourth-order valence-electron chi connectivity index (χ4n) is 9.51. The molecule has 2 heterocycles. The van der Waals surface area contributed by atoms with E-state index in [0.29, 0.717) is 51.2 Å². The molecule has 0 unspecified atom stereocenters. The van der Waals surface area contributed by atoms with Crippen molar-refractivity contribution in [3.8, 4) is 11.1 Å². The first-order valence-electron chi connectivity index (χ1n) is 21.8. The first-order chi connectivity index (χ1) is 29.3. The van der Waals surface area contributed by atoms with Crippen LogP contribution in [-0.2, 0) is 42.9 Å². The van der Waals surface area contributed by atoms with Crippen LogP contribution < -0.4 is 10.6 Å². The van der Waals surface area contributed by atoms with Gasteiger partial charge in [-0.05, 0) is 91.9 Å². The van der Waals surface area contributed by atoms with Crippen LogP contribution in [0.5, 0.6) is 0 Å². The van der Waals surface area contributed by atoms with Gasteiger partial charge in [-0.2, -0.15) is 0 Å². The lowest BCUT2D eigenvalue weighted by Gasteiger charge is -2.42. The highest BCUT2D eigenvalue weighted by molar-refractivity contribution is 6.39. The molecule has 3 fully saturated rings. The van der Waals surface area contributed by atoms with E-state index < -0.39 is 65.7 Å². The molecule has 2 saturated heterocycles. The van der Waals surface area contributed by atoms with Crippen LogP contribution in [0.1, 0.15) is 102 Å². The zero-order valence-corrected chi connectivity index (χ0v) is 35.4. The van der Waals surface area contributed by atoms with E-state index in [1.807, 2.05) is 43.3 Å². The predicted molar refractivity (Wildman–Crippen MR) is 222 cm³/mol. The van der Waals surface area contributed by atoms with Gasteiger partial charge in [0.05, 0.1) is 24.7 Å². The van der Waals surface area contributed by atoms with Gasteiger partial charge in [0.15, 0.2) is 0 Å². The Morgan fingerprint density at radius 2 is 1.64 bits per heavy atom. The first kappa shape index (κ1) is 45.8. The summed E-state index contributed by atoms with van der Waals surface area (Å²) in [5.41, 5.74) is 4.43. The van der Waals surface area contributed by atoms with E-state index in [4.69, 9.17) is 18.9 Å². The van der Waals surface area contributed by atoms with Gasteiger partial charge in [-0.15, -0.1) is 0 Å². The lowest BCUT2D eigenvalue weighted by molar-refractivity contribution is -0.262. The van der Waals surface area contributed by atoms with Crippen molar-refractivity contribution in [1.82, 2.24) is 15.5 Å². The zero-order valence-electron chi connectivity index (χ0n) is 35.4. The summed E-state index contributed by atoms with van der Waals surface area (Å²) in [5.74, 6) is -6.92. The number of hydrogen-bond donors (Lipinski definition) is 4. The normalized spacial score (nSPS) is 27.1. The van der Waals surface area contributed by atoms with Crippen LogP contribution in [0.3, 0.4) is 0 Å². The van der Waals surface area contributed by atoms with E-state index in [1.54, 1.807) is 14.0 Å². The lowest BCUT2D eigenvalue weighted by Crippen LogP contribution is -2.60. The fraction of sp³-hybridized carbons (Fsp3) is 0.609. The molecular formula is C46H61N3O12. The number of ether oxygens (including phenoxy) is 4. The molecule has 3 amide bonds. The van der Waals surface area contributed by atoms with Crippen LogP contribution in [0.2, 0.25) is 0 Å². The number of nitrogens with zero attached hydrogens (tertiary/aromatic N) is 1. The molecule has 0 spiro atoms. The van der Waals surface area contributed by atoms with Gasteiger partial charge in [-0.1, -0.05) is 62.4 Å². The number of hydrogen-bond acceptors (Lipinski definition) is 12. The Balaban J connectivity index is 1.06. The Labute approximate surface area is 357 Å². The number of esters is 1. The van der Waals surface area contributed by atoms with Gasteiger partial charge in [0.25, 0.3) is 11.7 Å². The molecule has 4 N–H and O–H groups in total. The van der Waals surface area contributed by atoms with Crippen molar-refractivity contribution in [3.05, 3.63) is 59.7 Å². The molecular weight excluding hydrogens is 787 g/mol. The summed E-state index contributed by atoms with van der Waals surface area (Å²) in [5, 5.41) is 27.2. The molecule has 0 radical (unpaired) electrons. The van der Waals surface area contributed by atoms with Crippen molar-refractivity contribution < 1.29 is 57.9 Å². The lowest BCUT2D eigenvalue weighted by atomic mass is 9.79. The number of nitrogens with one attached hydrogen (secondary N) is 2. The number of carbonyl (C=O) groups excluding carboxylic acids is 6. The van der Waals surface area contributed by atoms with E-state index in [2.05, 4.69) is 22.8 Å². The molecule has 0 aromatic heterocycles. The maximum absolute atomic E-state index is 14.0. The molecule has 9 atom stereocenters. The Bertz CT molecular complexity index is 1850. The van der Waals surface area contributed by atoms with Crippen LogP contribution in [0.25, 0.3) is 11.1 Å². The molecule has 2 aliphatic carbocycles. The van der Waals surface area contributed by atoms with Crippen molar-refractivity contribution in [2.24, 2.45) is 17.8 Å². The summed E-state index contributed by atoms with van der Waals surface area (Å²) in [4.78, 5) is 80.0. The van der Waals surface area contributed by atoms with Crippen LogP contribution in [0.15, 0.2) is 48.5 Å². The maximum Gasteiger partial charge on any atom is 0.407 e. The minimum absolute atomic E-state index is 0.0367. The molecule has 15 heteroatoms. The smallest absolute Gasteiger partial charge is 0.407 e. The van der Waals surface area contributed by atoms with E-state index >= 15 is 0 Å². The summed E-state index contributed by atoms with van der Waals surface area (Å²) >= 11 is 0. The largest absolute Gasteiger partial charge is 0.460 e. The summed E-state index contributed by atoms with van der Waals surface area (Å²) < 4.78 is 22.9. The van der Waals surface area contributed by atoms with Crippen molar-refractivity contribution in [2.75, 3.05) is 33.4 Å². The van der Waals surface area contributed by atoms with E-state index in [9.17, 15) is 39.0 Å². The van der Waals surface area contributed by atoms with Crippen LogP contribution in [0.4, 0.5) is 4.79 Å². The number of benzene rings is 2. The number of fused-ring (bicyclic) bond motifs is 3. The second-order valence-electron chi connectivity index (χ2n) is 17.2. The number of aliphatic hydroxyl groups excluding tert-OH is 1. The van der Waals surface area contributed by atoms with Crippen LogP contribution in [-0.4, -0.2) is 121 Å². The number of aliphatic hydroxyl groups is 2. The monoisotopic (exact) mass is 847 g/mol. The third-order valence-electron chi connectivity index (χ3n) is 13.1. The molecule has 15 nitrogen and oxygen atoms in total. The second kappa shape index (κ2) is 20.9. The molecule has 6 rings (SSSR count). The number of alkyl carbamates (subject to hydrolysis) is 1. The summed E-state index contributed by atoms with van der Waals surface area (Å²) in [7, 11) is 1.56. The van der Waals surface area contributed by atoms with Crippen molar-refractivity contribution >= 4 is 35.9 Å².